The predicted molar refractivity (Wildman–Crippen MR) is 71.8 cm³/mol. The highest BCUT2D eigenvalue weighted by Gasteiger charge is 2.28. The van der Waals surface area contributed by atoms with Crippen LogP contribution < -0.4 is 9.47 Å². The summed E-state index contributed by atoms with van der Waals surface area (Å²) in [4.78, 5) is 0. The van der Waals surface area contributed by atoms with Crippen LogP contribution in [0.25, 0.3) is 0 Å². The minimum absolute atomic E-state index is 0.0509. The van der Waals surface area contributed by atoms with Crippen molar-refractivity contribution >= 4 is 11.6 Å². The summed E-state index contributed by atoms with van der Waals surface area (Å²) in [6.07, 6.45) is 2.42. The first kappa shape index (κ1) is 13.5. The number of aliphatic hydroxyl groups is 1. The molecule has 0 heterocycles. The number of ether oxygens (including phenoxy) is 2. The number of rotatable bonds is 5. The Morgan fingerprint density at radius 3 is 2.56 bits per heavy atom. The third kappa shape index (κ3) is 2.73. The van der Waals surface area contributed by atoms with E-state index in [0.29, 0.717) is 16.5 Å². The molecule has 0 unspecified atom stereocenters. The fraction of sp³-hybridized carbons (Fsp3) is 0.571. The first-order valence-electron chi connectivity index (χ1n) is 6.13. The Balaban J connectivity index is 2.38. The van der Waals surface area contributed by atoms with Crippen LogP contribution in [0.15, 0.2) is 12.1 Å². The summed E-state index contributed by atoms with van der Waals surface area (Å²) < 4.78 is 11.1. The molecule has 1 aromatic rings. The van der Waals surface area contributed by atoms with Crippen molar-refractivity contribution in [2.75, 3.05) is 13.7 Å². The van der Waals surface area contributed by atoms with Gasteiger partial charge in [-0.3, -0.25) is 0 Å². The molecule has 4 heteroatoms. The van der Waals surface area contributed by atoms with E-state index in [1.165, 1.54) is 0 Å². The van der Waals surface area contributed by atoms with Gasteiger partial charge in [0.15, 0.2) is 11.5 Å². The summed E-state index contributed by atoms with van der Waals surface area (Å²) in [6.45, 7) is 3.97. The number of hydrogen-bond acceptors (Lipinski definition) is 3. The van der Waals surface area contributed by atoms with Gasteiger partial charge in [-0.1, -0.05) is 25.4 Å². The second-order valence-corrected chi connectivity index (χ2v) is 5.76. The maximum atomic E-state index is 9.41. The summed E-state index contributed by atoms with van der Waals surface area (Å²) in [5.41, 5.74) is 0.588. The minimum Gasteiger partial charge on any atom is -0.493 e. The van der Waals surface area contributed by atoms with Gasteiger partial charge in [-0.25, -0.2) is 0 Å². The fourth-order valence-corrected chi connectivity index (χ4v) is 1.92. The average molecular weight is 271 g/mol. The van der Waals surface area contributed by atoms with Crippen LogP contribution in [0.5, 0.6) is 11.5 Å². The predicted octanol–water partition coefficient (Wildman–Crippen LogP) is 3.16. The summed E-state index contributed by atoms with van der Waals surface area (Å²) in [7, 11) is 1.60. The molecule has 1 N–H and O–H groups in total. The van der Waals surface area contributed by atoms with E-state index in [0.717, 1.165) is 18.4 Å². The third-order valence-corrected chi connectivity index (χ3v) is 3.50. The second-order valence-electron chi connectivity index (χ2n) is 5.35. The summed E-state index contributed by atoms with van der Waals surface area (Å²) in [6, 6.07) is 3.73. The van der Waals surface area contributed by atoms with Crippen LogP contribution in [-0.2, 0) is 5.41 Å². The molecule has 1 fully saturated rings. The van der Waals surface area contributed by atoms with Crippen molar-refractivity contribution in [3.63, 3.8) is 0 Å². The molecule has 0 bridgehead atoms. The molecule has 2 rings (SSSR count). The van der Waals surface area contributed by atoms with Crippen LogP contribution in [0.4, 0.5) is 0 Å². The Morgan fingerprint density at radius 2 is 2.06 bits per heavy atom. The van der Waals surface area contributed by atoms with E-state index in [1.54, 1.807) is 7.11 Å². The molecule has 0 saturated heterocycles. The van der Waals surface area contributed by atoms with Crippen molar-refractivity contribution in [1.82, 2.24) is 0 Å². The number of methoxy groups -OCH3 is 1. The Labute approximate surface area is 113 Å². The third-order valence-electron chi connectivity index (χ3n) is 3.22. The highest BCUT2D eigenvalue weighted by atomic mass is 35.5. The lowest BCUT2D eigenvalue weighted by Gasteiger charge is -2.24. The van der Waals surface area contributed by atoms with Crippen molar-refractivity contribution in [2.45, 2.75) is 38.2 Å². The lowest BCUT2D eigenvalue weighted by atomic mass is 9.85. The van der Waals surface area contributed by atoms with Crippen molar-refractivity contribution < 1.29 is 14.6 Å². The summed E-state index contributed by atoms with van der Waals surface area (Å²) in [5.74, 6) is 1.24. The molecule has 1 aromatic carbocycles. The standard InChI is InChI=1S/C14H19ClO3/c1-14(2,8-16)9-6-11(15)13(12(7-9)17-3)18-10-4-5-10/h6-7,10,16H,4-5,8H2,1-3H3. The van der Waals surface area contributed by atoms with Crippen LogP contribution >= 0.6 is 11.6 Å². The molecular weight excluding hydrogens is 252 g/mol. The van der Waals surface area contributed by atoms with Crippen LogP contribution in [-0.4, -0.2) is 24.9 Å². The molecule has 0 aliphatic heterocycles. The maximum absolute atomic E-state index is 9.41. The zero-order valence-corrected chi connectivity index (χ0v) is 11.8. The number of hydrogen-bond donors (Lipinski definition) is 1. The molecule has 0 atom stereocenters. The van der Waals surface area contributed by atoms with Gasteiger partial charge < -0.3 is 14.6 Å². The molecule has 1 aliphatic carbocycles. The summed E-state index contributed by atoms with van der Waals surface area (Å²) >= 11 is 6.26. The first-order chi connectivity index (χ1) is 8.47. The van der Waals surface area contributed by atoms with Gasteiger partial charge >= 0.3 is 0 Å². The molecular formula is C14H19ClO3. The van der Waals surface area contributed by atoms with Crippen LogP contribution in [0.2, 0.25) is 5.02 Å². The molecule has 18 heavy (non-hydrogen) atoms. The quantitative estimate of drug-likeness (QED) is 0.893. The molecule has 1 saturated carbocycles. The van der Waals surface area contributed by atoms with Crippen LogP contribution in [0, 0.1) is 0 Å². The van der Waals surface area contributed by atoms with Gasteiger partial charge in [0.25, 0.3) is 0 Å². The van der Waals surface area contributed by atoms with Gasteiger partial charge in [-0.2, -0.15) is 0 Å². The van der Waals surface area contributed by atoms with Gasteiger partial charge in [-0.15, -0.1) is 0 Å². The first-order valence-corrected chi connectivity index (χ1v) is 6.51. The smallest absolute Gasteiger partial charge is 0.180 e. The van der Waals surface area contributed by atoms with Crippen molar-refractivity contribution in [3.05, 3.63) is 22.7 Å². The number of aliphatic hydroxyl groups excluding tert-OH is 1. The number of benzene rings is 1. The van der Waals surface area contributed by atoms with E-state index in [2.05, 4.69) is 0 Å². The number of halogens is 1. The van der Waals surface area contributed by atoms with Gasteiger partial charge in [0.1, 0.15) is 0 Å². The largest absolute Gasteiger partial charge is 0.493 e. The van der Waals surface area contributed by atoms with Crippen molar-refractivity contribution in [1.29, 1.82) is 0 Å². The molecule has 0 amide bonds. The van der Waals surface area contributed by atoms with Gasteiger partial charge in [0, 0.05) is 5.41 Å². The lowest BCUT2D eigenvalue weighted by molar-refractivity contribution is 0.217. The Bertz CT molecular complexity index is 439. The maximum Gasteiger partial charge on any atom is 0.180 e. The highest BCUT2D eigenvalue weighted by molar-refractivity contribution is 6.32. The molecule has 0 radical (unpaired) electrons. The van der Waals surface area contributed by atoms with Crippen molar-refractivity contribution in [2.24, 2.45) is 0 Å². The zero-order chi connectivity index (χ0) is 13.3. The van der Waals surface area contributed by atoms with Crippen LogP contribution in [0.1, 0.15) is 32.3 Å². The average Bonchev–Trinajstić information content (AvgIpc) is 3.15. The van der Waals surface area contributed by atoms with E-state index in [4.69, 9.17) is 21.1 Å². The van der Waals surface area contributed by atoms with E-state index in [-0.39, 0.29) is 18.1 Å². The van der Waals surface area contributed by atoms with E-state index < -0.39 is 0 Å². The summed E-state index contributed by atoms with van der Waals surface area (Å²) in [5, 5.41) is 9.95. The normalized spacial score (nSPS) is 15.6. The minimum atomic E-state index is -0.352. The van der Waals surface area contributed by atoms with Crippen LogP contribution in [0.3, 0.4) is 0 Å². The van der Waals surface area contributed by atoms with Gasteiger partial charge in [0.05, 0.1) is 24.8 Å². The monoisotopic (exact) mass is 270 g/mol. The lowest BCUT2D eigenvalue weighted by Crippen LogP contribution is -2.22. The Kier molecular flexibility index (Phi) is 3.74. The van der Waals surface area contributed by atoms with E-state index in [1.807, 2.05) is 26.0 Å². The molecule has 1 aliphatic rings. The Hall–Kier alpha value is -0.930. The molecule has 0 aromatic heterocycles. The van der Waals surface area contributed by atoms with E-state index >= 15 is 0 Å². The zero-order valence-electron chi connectivity index (χ0n) is 11.0. The van der Waals surface area contributed by atoms with Crippen molar-refractivity contribution in [3.8, 4) is 11.5 Å². The fourth-order valence-electron chi connectivity index (χ4n) is 1.67. The highest BCUT2D eigenvalue weighted by Crippen LogP contribution is 2.42. The SMILES string of the molecule is COc1cc(C(C)(C)CO)cc(Cl)c1OC1CC1. The molecule has 3 nitrogen and oxygen atoms in total. The van der Waals surface area contributed by atoms with Gasteiger partial charge in [-0.05, 0) is 30.5 Å². The molecule has 100 valence electrons. The topological polar surface area (TPSA) is 38.7 Å². The van der Waals surface area contributed by atoms with E-state index in [9.17, 15) is 5.11 Å². The Morgan fingerprint density at radius 1 is 1.39 bits per heavy atom. The second kappa shape index (κ2) is 4.98. The van der Waals surface area contributed by atoms with Gasteiger partial charge in [0.2, 0.25) is 0 Å². The molecule has 0 spiro atoms.